The Morgan fingerprint density at radius 1 is 1.21 bits per heavy atom. The van der Waals surface area contributed by atoms with Crippen LogP contribution in [0.25, 0.3) is 0 Å². The van der Waals surface area contributed by atoms with Gasteiger partial charge in [0.25, 0.3) is 17.9 Å². The molecule has 34 heavy (non-hydrogen) atoms. The van der Waals surface area contributed by atoms with Gasteiger partial charge in [-0.25, -0.2) is 14.4 Å². The van der Waals surface area contributed by atoms with Crippen LogP contribution in [0.2, 0.25) is 0 Å². The Hall–Kier alpha value is -3.42. The summed E-state index contributed by atoms with van der Waals surface area (Å²) >= 11 is 0. The average Bonchev–Trinajstić information content (AvgIpc) is 3.14. The molecule has 1 fully saturated rings. The van der Waals surface area contributed by atoms with Gasteiger partial charge in [0.1, 0.15) is 22.7 Å². The monoisotopic (exact) mass is 489 g/mol. The molecule has 3 N–H and O–H groups in total. The number of alkyl halides is 5. The number of carbonyl (C=O) groups is 1. The molecular formula is C20H17F6N5O3. The van der Waals surface area contributed by atoms with E-state index in [0.29, 0.717) is 6.92 Å². The van der Waals surface area contributed by atoms with Crippen LogP contribution < -0.4 is 11.1 Å². The first-order valence-electron chi connectivity index (χ1n) is 9.79. The first kappa shape index (κ1) is 23.7. The molecule has 1 aromatic carbocycles. The van der Waals surface area contributed by atoms with Crippen LogP contribution in [0.1, 0.15) is 28.7 Å². The molecule has 0 aliphatic carbocycles. The fourth-order valence-electron chi connectivity index (χ4n) is 3.90. The summed E-state index contributed by atoms with van der Waals surface area (Å²) in [6.07, 6.45) is -5.46. The summed E-state index contributed by atoms with van der Waals surface area (Å²) < 4.78 is 91.8. The first-order valence-corrected chi connectivity index (χ1v) is 9.79. The Morgan fingerprint density at radius 3 is 2.56 bits per heavy atom. The topological polar surface area (TPSA) is 112 Å². The number of carbonyl (C=O) groups excluding carboxylic acids is 1. The number of halogens is 6. The second kappa shape index (κ2) is 8.11. The van der Waals surface area contributed by atoms with Crippen LogP contribution >= 0.6 is 0 Å². The van der Waals surface area contributed by atoms with Crippen molar-refractivity contribution in [1.29, 1.82) is 0 Å². The minimum absolute atomic E-state index is 0.0167. The Morgan fingerprint density at radius 2 is 1.94 bits per heavy atom. The number of anilines is 1. The summed E-state index contributed by atoms with van der Waals surface area (Å²) in [6, 6.07) is 2.77. The molecule has 14 heteroatoms. The highest BCUT2D eigenvalue weighted by Crippen LogP contribution is 2.50. The van der Waals surface area contributed by atoms with Crippen molar-refractivity contribution in [2.45, 2.75) is 30.7 Å². The van der Waals surface area contributed by atoms with E-state index in [-0.39, 0.29) is 16.9 Å². The molecular weight excluding hydrogens is 472 g/mol. The van der Waals surface area contributed by atoms with Gasteiger partial charge in [-0.05, 0) is 18.2 Å². The zero-order valence-electron chi connectivity index (χ0n) is 17.4. The van der Waals surface area contributed by atoms with Crippen LogP contribution in [0.3, 0.4) is 0 Å². The number of nitrogens with zero attached hydrogens (tertiary/aromatic N) is 3. The third kappa shape index (κ3) is 4.24. The van der Waals surface area contributed by atoms with E-state index in [9.17, 15) is 31.1 Å². The van der Waals surface area contributed by atoms with Crippen molar-refractivity contribution >= 4 is 17.6 Å². The number of hydrogen-bond acceptors (Lipinski definition) is 7. The Kier molecular flexibility index (Phi) is 5.66. The van der Waals surface area contributed by atoms with Gasteiger partial charge in [0.05, 0.1) is 31.5 Å². The summed E-state index contributed by atoms with van der Waals surface area (Å²) in [4.78, 5) is 23.6. The molecule has 4 rings (SSSR count). The number of fused-ring (bicyclic) bond motifs is 1. The maximum absolute atomic E-state index is 14.9. The normalized spacial score (nSPS) is 24.7. The largest absolute Gasteiger partial charge is 0.465 e. The predicted molar refractivity (Wildman–Crippen MR) is 104 cm³/mol. The van der Waals surface area contributed by atoms with Crippen molar-refractivity contribution in [2.24, 2.45) is 16.6 Å². The van der Waals surface area contributed by atoms with Crippen LogP contribution in [-0.4, -0.2) is 47.4 Å². The molecule has 2 aliphatic rings. The average molecular weight is 489 g/mol. The number of amides is 1. The quantitative estimate of drug-likeness (QED) is 0.639. The van der Waals surface area contributed by atoms with E-state index in [4.69, 9.17) is 15.2 Å². The maximum atomic E-state index is 14.9. The standard InChI is InChI=1S/C20H17F6N5O3/c1-18(22,23)14-6-28-13(5-29-14)16(32)30-9-2-3-12(21)10(4-9)19-8-34-15(20(24,25)26)11(19)7-33-17(27)31-19/h2-6,11,15H,7-8H2,1H3,(H2,27,31)(H,30,32)/t11-,15+,19-/m1/s1. The van der Waals surface area contributed by atoms with E-state index in [1.165, 1.54) is 0 Å². The fraction of sp³-hybridized carbons (Fsp3) is 0.400. The van der Waals surface area contributed by atoms with Crippen LogP contribution in [0.15, 0.2) is 35.6 Å². The zero-order chi connectivity index (χ0) is 24.9. The molecule has 3 heterocycles. The third-order valence-electron chi connectivity index (χ3n) is 5.53. The van der Waals surface area contributed by atoms with E-state index < -0.39 is 66.3 Å². The number of nitrogens with one attached hydrogen (secondary N) is 1. The van der Waals surface area contributed by atoms with E-state index in [0.717, 1.165) is 30.6 Å². The highest BCUT2D eigenvalue weighted by atomic mass is 19.4. The molecule has 182 valence electrons. The summed E-state index contributed by atoms with van der Waals surface area (Å²) in [5.41, 5.74) is 2.47. The summed E-state index contributed by atoms with van der Waals surface area (Å²) in [7, 11) is 0. The van der Waals surface area contributed by atoms with E-state index in [1.54, 1.807) is 0 Å². The summed E-state index contributed by atoms with van der Waals surface area (Å²) in [5, 5.41) is 2.38. The molecule has 0 saturated carbocycles. The van der Waals surface area contributed by atoms with Gasteiger partial charge < -0.3 is 20.5 Å². The first-order chi connectivity index (χ1) is 15.8. The van der Waals surface area contributed by atoms with Gasteiger partial charge in [0.2, 0.25) is 0 Å². The van der Waals surface area contributed by atoms with Gasteiger partial charge in [-0.1, -0.05) is 0 Å². The maximum Gasteiger partial charge on any atom is 0.415 e. The Bertz CT molecular complexity index is 1130. The number of rotatable bonds is 4. The molecule has 0 unspecified atom stereocenters. The zero-order valence-corrected chi connectivity index (χ0v) is 17.4. The van der Waals surface area contributed by atoms with Gasteiger partial charge in [-0.15, -0.1) is 0 Å². The molecule has 2 aliphatic heterocycles. The van der Waals surface area contributed by atoms with Gasteiger partial charge in [0.15, 0.2) is 6.10 Å². The molecule has 1 saturated heterocycles. The van der Waals surface area contributed by atoms with Crippen LogP contribution in [0, 0.1) is 11.7 Å². The number of amidine groups is 1. The molecule has 0 radical (unpaired) electrons. The van der Waals surface area contributed by atoms with E-state index >= 15 is 0 Å². The third-order valence-corrected chi connectivity index (χ3v) is 5.53. The molecule has 8 nitrogen and oxygen atoms in total. The van der Waals surface area contributed by atoms with Crippen molar-refractivity contribution in [2.75, 3.05) is 18.5 Å². The fourth-order valence-corrected chi connectivity index (χ4v) is 3.90. The van der Waals surface area contributed by atoms with E-state index in [2.05, 4.69) is 20.3 Å². The van der Waals surface area contributed by atoms with Crippen LogP contribution in [0.5, 0.6) is 0 Å². The smallest absolute Gasteiger partial charge is 0.415 e. The molecule has 0 spiro atoms. The number of aromatic nitrogens is 2. The molecule has 3 atom stereocenters. The lowest BCUT2D eigenvalue weighted by atomic mass is 9.77. The van der Waals surface area contributed by atoms with Gasteiger partial charge in [-0.3, -0.25) is 9.78 Å². The van der Waals surface area contributed by atoms with Crippen molar-refractivity contribution in [1.82, 2.24) is 9.97 Å². The lowest BCUT2D eigenvalue weighted by Gasteiger charge is -2.36. The molecule has 0 bridgehead atoms. The lowest BCUT2D eigenvalue weighted by molar-refractivity contribution is -0.219. The van der Waals surface area contributed by atoms with Crippen molar-refractivity contribution in [3.63, 3.8) is 0 Å². The minimum Gasteiger partial charge on any atom is -0.465 e. The predicted octanol–water partition coefficient (Wildman–Crippen LogP) is 3.10. The van der Waals surface area contributed by atoms with Gasteiger partial charge >= 0.3 is 6.18 Å². The number of ether oxygens (including phenoxy) is 2. The van der Waals surface area contributed by atoms with Crippen LogP contribution in [-0.2, 0) is 20.9 Å². The summed E-state index contributed by atoms with van der Waals surface area (Å²) in [6.45, 7) is -0.525. The number of benzene rings is 1. The van der Waals surface area contributed by atoms with Gasteiger partial charge in [0, 0.05) is 18.2 Å². The van der Waals surface area contributed by atoms with E-state index in [1.807, 2.05) is 0 Å². The highest BCUT2D eigenvalue weighted by molar-refractivity contribution is 6.02. The lowest BCUT2D eigenvalue weighted by Crippen LogP contribution is -2.48. The van der Waals surface area contributed by atoms with Crippen molar-refractivity contribution in [3.8, 4) is 0 Å². The number of nitrogens with two attached hydrogens (primary N) is 1. The Labute approximate surface area is 188 Å². The molecule has 1 amide bonds. The summed E-state index contributed by atoms with van der Waals surface area (Å²) in [5.74, 6) is -6.46. The van der Waals surface area contributed by atoms with Crippen molar-refractivity contribution < 1.29 is 40.6 Å². The second-order valence-electron chi connectivity index (χ2n) is 7.89. The number of hydrogen-bond donors (Lipinski definition) is 2. The molecule has 2 aromatic rings. The SMILES string of the molecule is CC(F)(F)c1cnc(C(=O)Nc2ccc(F)c([C@]34CO[C@H](C(F)(F)F)[C@H]3COC(N)=N4)c2)cn1. The minimum atomic E-state index is -4.76. The number of aliphatic imine (C=N–C) groups is 1. The highest BCUT2D eigenvalue weighted by Gasteiger charge is 2.62. The van der Waals surface area contributed by atoms with Gasteiger partial charge in [-0.2, -0.15) is 22.0 Å². The van der Waals surface area contributed by atoms with Crippen LogP contribution in [0.4, 0.5) is 32.0 Å². The Balaban J connectivity index is 1.66. The molecule has 1 aromatic heterocycles. The second-order valence-corrected chi connectivity index (χ2v) is 7.89. The van der Waals surface area contributed by atoms with Crippen molar-refractivity contribution in [3.05, 3.63) is 53.4 Å².